The molecule has 1 aliphatic heterocycles. The van der Waals surface area contributed by atoms with Gasteiger partial charge in [0.25, 0.3) is 5.91 Å². The van der Waals surface area contributed by atoms with Crippen molar-refractivity contribution in [3.05, 3.63) is 34.9 Å². The third-order valence-electron chi connectivity index (χ3n) is 3.63. The van der Waals surface area contributed by atoms with E-state index in [1.807, 2.05) is 30.9 Å². The molecule has 0 spiro atoms. The van der Waals surface area contributed by atoms with E-state index in [1.54, 1.807) is 0 Å². The first-order chi connectivity index (χ1) is 8.60. The van der Waals surface area contributed by atoms with Gasteiger partial charge in [-0.3, -0.25) is 4.79 Å². The van der Waals surface area contributed by atoms with Crippen molar-refractivity contribution in [2.24, 2.45) is 5.92 Å². The number of benzene rings is 1. The molecule has 1 fully saturated rings. The van der Waals surface area contributed by atoms with Crippen LogP contribution >= 0.6 is 0 Å². The van der Waals surface area contributed by atoms with Crippen LogP contribution in [0.15, 0.2) is 18.2 Å². The van der Waals surface area contributed by atoms with Gasteiger partial charge in [-0.2, -0.15) is 0 Å². The molecule has 0 unspecified atom stereocenters. The molecule has 98 valence electrons. The monoisotopic (exact) mass is 247 g/mol. The molecule has 3 nitrogen and oxygen atoms in total. The standard InChI is InChI=1S/C15H21NO2/c1-11-7-12(2)9-14(8-11)15(18)16-5-3-13(10-17)4-6-16/h7-9,13,17H,3-6,10H2,1-2H3. The van der Waals surface area contributed by atoms with Crippen molar-refractivity contribution in [1.82, 2.24) is 4.90 Å². The predicted octanol–water partition coefficient (Wildman–Crippen LogP) is 2.15. The molecule has 0 aromatic heterocycles. The first kappa shape index (κ1) is 13.1. The summed E-state index contributed by atoms with van der Waals surface area (Å²) in [4.78, 5) is 14.3. The summed E-state index contributed by atoms with van der Waals surface area (Å²) in [6.45, 7) is 5.79. The SMILES string of the molecule is Cc1cc(C)cc(C(=O)N2CCC(CO)CC2)c1. The van der Waals surface area contributed by atoms with Crippen molar-refractivity contribution in [3.63, 3.8) is 0 Å². The lowest BCUT2D eigenvalue weighted by molar-refractivity contribution is 0.0650. The average molecular weight is 247 g/mol. The van der Waals surface area contributed by atoms with Gasteiger partial charge in [0, 0.05) is 25.3 Å². The molecule has 0 aliphatic carbocycles. The highest BCUT2D eigenvalue weighted by molar-refractivity contribution is 5.94. The van der Waals surface area contributed by atoms with Crippen LogP contribution in [0, 0.1) is 19.8 Å². The van der Waals surface area contributed by atoms with E-state index in [0.29, 0.717) is 5.92 Å². The third kappa shape index (κ3) is 2.91. The number of amides is 1. The van der Waals surface area contributed by atoms with E-state index in [4.69, 9.17) is 5.11 Å². The largest absolute Gasteiger partial charge is 0.396 e. The molecule has 1 heterocycles. The summed E-state index contributed by atoms with van der Waals surface area (Å²) in [5.74, 6) is 0.492. The second-order valence-corrected chi connectivity index (χ2v) is 5.29. The zero-order valence-electron chi connectivity index (χ0n) is 11.1. The Labute approximate surface area is 108 Å². The maximum absolute atomic E-state index is 12.4. The van der Waals surface area contributed by atoms with Gasteiger partial charge in [-0.25, -0.2) is 0 Å². The number of aryl methyl sites for hydroxylation is 2. The van der Waals surface area contributed by atoms with Crippen LogP contribution in [-0.4, -0.2) is 35.6 Å². The summed E-state index contributed by atoms with van der Waals surface area (Å²) in [5.41, 5.74) is 3.04. The van der Waals surface area contributed by atoms with Gasteiger partial charge in [0.05, 0.1) is 0 Å². The van der Waals surface area contributed by atoms with Gasteiger partial charge in [-0.15, -0.1) is 0 Å². The Morgan fingerprint density at radius 2 is 1.78 bits per heavy atom. The second-order valence-electron chi connectivity index (χ2n) is 5.29. The molecule has 1 aromatic carbocycles. The molecular formula is C15H21NO2. The van der Waals surface area contributed by atoms with E-state index in [9.17, 15) is 4.79 Å². The smallest absolute Gasteiger partial charge is 0.253 e. The van der Waals surface area contributed by atoms with Crippen LogP contribution in [0.25, 0.3) is 0 Å². The molecule has 0 radical (unpaired) electrons. The maximum atomic E-state index is 12.4. The number of piperidine rings is 1. The first-order valence-corrected chi connectivity index (χ1v) is 6.58. The molecule has 0 saturated carbocycles. The number of aliphatic hydroxyl groups is 1. The highest BCUT2D eigenvalue weighted by Crippen LogP contribution is 2.19. The Hall–Kier alpha value is -1.35. The van der Waals surface area contributed by atoms with Gasteiger partial charge >= 0.3 is 0 Å². The van der Waals surface area contributed by atoms with Crippen LogP contribution < -0.4 is 0 Å². The number of rotatable bonds is 2. The number of hydrogen-bond acceptors (Lipinski definition) is 2. The minimum Gasteiger partial charge on any atom is -0.396 e. The van der Waals surface area contributed by atoms with Crippen molar-refractivity contribution in [1.29, 1.82) is 0 Å². The lowest BCUT2D eigenvalue weighted by Gasteiger charge is -2.31. The molecule has 1 saturated heterocycles. The van der Waals surface area contributed by atoms with Crippen LogP contribution in [-0.2, 0) is 0 Å². The number of carbonyl (C=O) groups is 1. The van der Waals surface area contributed by atoms with Crippen molar-refractivity contribution >= 4 is 5.91 Å². The highest BCUT2D eigenvalue weighted by Gasteiger charge is 2.23. The lowest BCUT2D eigenvalue weighted by Crippen LogP contribution is -2.39. The van der Waals surface area contributed by atoms with Crippen LogP contribution in [0.1, 0.15) is 34.3 Å². The van der Waals surface area contributed by atoms with Crippen LogP contribution in [0.5, 0.6) is 0 Å². The van der Waals surface area contributed by atoms with Gasteiger partial charge in [0.1, 0.15) is 0 Å². The number of aliphatic hydroxyl groups excluding tert-OH is 1. The van der Waals surface area contributed by atoms with Gasteiger partial charge in [0.2, 0.25) is 0 Å². The van der Waals surface area contributed by atoms with Crippen LogP contribution in [0.2, 0.25) is 0 Å². The number of hydrogen-bond donors (Lipinski definition) is 1. The van der Waals surface area contributed by atoms with E-state index in [-0.39, 0.29) is 12.5 Å². The molecule has 1 N–H and O–H groups in total. The summed E-state index contributed by atoms with van der Waals surface area (Å²) in [7, 11) is 0. The van der Waals surface area contributed by atoms with Gasteiger partial charge in [-0.05, 0) is 44.7 Å². The van der Waals surface area contributed by atoms with Gasteiger partial charge in [0.15, 0.2) is 0 Å². The molecule has 1 amide bonds. The second kappa shape index (κ2) is 5.53. The molecule has 0 bridgehead atoms. The average Bonchev–Trinajstić information content (AvgIpc) is 2.37. The van der Waals surface area contributed by atoms with Crippen molar-refractivity contribution in [2.45, 2.75) is 26.7 Å². The Kier molecular flexibility index (Phi) is 4.02. The van der Waals surface area contributed by atoms with Gasteiger partial charge < -0.3 is 10.0 Å². The molecular weight excluding hydrogens is 226 g/mol. The fourth-order valence-corrected chi connectivity index (χ4v) is 2.60. The molecule has 3 heteroatoms. The summed E-state index contributed by atoms with van der Waals surface area (Å²) in [5, 5.41) is 9.10. The Morgan fingerprint density at radius 1 is 1.22 bits per heavy atom. The maximum Gasteiger partial charge on any atom is 0.253 e. The van der Waals surface area contributed by atoms with Crippen molar-refractivity contribution < 1.29 is 9.90 Å². The minimum absolute atomic E-state index is 0.123. The number of carbonyl (C=O) groups excluding carboxylic acids is 1. The van der Waals surface area contributed by atoms with E-state index < -0.39 is 0 Å². The van der Waals surface area contributed by atoms with Crippen molar-refractivity contribution in [3.8, 4) is 0 Å². The fraction of sp³-hybridized carbons (Fsp3) is 0.533. The van der Waals surface area contributed by atoms with E-state index in [1.165, 1.54) is 0 Å². The Morgan fingerprint density at radius 3 is 2.28 bits per heavy atom. The zero-order chi connectivity index (χ0) is 13.1. The molecule has 0 atom stereocenters. The lowest BCUT2D eigenvalue weighted by atomic mass is 9.97. The van der Waals surface area contributed by atoms with E-state index in [0.717, 1.165) is 42.6 Å². The van der Waals surface area contributed by atoms with Crippen molar-refractivity contribution in [2.75, 3.05) is 19.7 Å². The Balaban J connectivity index is 2.07. The number of likely N-dealkylation sites (tertiary alicyclic amines) is 1. The van der Waals surface area contributed by atoms with Crippen LogP contribution in [0.3, 0.4) is 0 Å². The summed E-state index contributed by atoms with van der Waals surface area (Å²) in [6.07, 6.45) is 1.82. The molecule has 1 aliphatic rings. The predicted molar refractivity (Wildman–Crippen MR) is 71.6 cm³/mol. The van der Waals surface area contributed by atoms with E-state index in [2.05, 4.69) is 6.07 Å². The highest BCUT2D eigenvalue weighted by atomic mass is 16.3. The van der Waals surface area contributed by atoms with Crippen LogP contribution in [0.4, 0.5) is 0 Å². The third-order valence-corrected chi connectivity index (χ3v) is 3.63. The molecule has 1 aromatic rings. The summed E-state index contributed by atoms with van der Waals surface area (Å²) in [6, 6.07) is 5.98. The minimum atomic E-state index is 0.123. The summed E-state index contributed by atoms with van der Waals surface area (Å²) < 4.78 is 0. The quantitative estimate of drug-likeness (QED) is 0.870. The normalized spacial score (nSPS) is 16.9. The topological polar surface area (TPSA) is 40.5 Å². The van der Waals surface area contributed by atoms with E-state index >= 15 is 0 Å². The fourth-order valence-electron chi connectivity index (χ4n) is 2.60. The zero-order valence-corrected chi connectivity index (χ0v) is 11.1. The molecule has 2 rings (SSSR count). The Bertz CT molecular complexity index is 414. The van der Waals surface area contributed by atoms with Gasteiger partial charge in [-0.1, -0.05) is 17.2 Å². The first-order valence-electron chi connectivity index (χ1n) is 6.58. The summed E-state index contributed by atoms with van der Waals surface area (Å²) >= 11 is 0. The number of nitrogens with zero attached hydrogens (tertiary/aromatic N) is 1. The molecule has 18 heavy (non-hydrogen) atoms.